The van der Waals surface area contributed by atoms with Crippen molar-refractivity contribution < 1.29 is 13.8 Å². The van der Waals surface area contributed by atoms with E-state index in [1.165, 1.54) is 11.8 Å². The molecule has 4 rings (SSSR count). The lowest BCUT2D eigenvalue weighted by molar-refractivity contribution is -0.113. The fourth-order valence-electron chi connectivity index (χ4n) is 3.11. The highest BCUT2D eigenvalue weighted by Gasteiger charge is 2.20. The summed E-state index contributed by atoms with van der Waals surface area (Å²) in [5, 5.41) is 5.64. The molecule has 1 atom stereocenters. The highest BCUT2D eigenvalue weighted by atomic mass is 32.2. The van der Waals surface area contributed by atoms with Crippen molar-refractivity contribution in [2.45, 2.75) is 22.6 Å². The standard InChI is InChI=1S/C19H19N3O3S2/c23-18-12-26-17-7-6-13(10-16(17)21-18)19(24)20-14-4-3-5-15(11-14)27(25)22-8-1-2-9-22/h3-7,10-11H,1-2,8-9,12H2,(H,20,24)(H,21,23). The second kappa shape index (κ2) is 7.84. The van der Waals surface area contributed by atoms with Gasteiger partial charge in [0.25, 0.3) is 5.91 Å². The number of rotatable bonds is 4. The molecule has 0 spiro atoms. The largest absolute Gasteiger partial charge is 0.324 e. The van der Waals surface area contributed by atoms with E-state index in [0.717, 1.165) is 30.8 Å². The third kappa shape index (κ3) is 4.07. The first-order valence-corrected chi connectivity index (χ1v) is 10.8. The maximum absolute atomic E-state index is 12.6. The van der Waals surface area contributed by atoms with Gasteiger partial charge >= 0.3 is 0 Å². The lowest BCUT2D eigenvalue weighted by Crippen LogP contribution is -2.22. The maximum Gasteiger partial charge on any atom is 0.255 e. The summed E-state index contributed by atoms with van der Waals surface area (Å²) < 4.78 is 14.6. The first-order valence-electron chi connectivity index (χ1n) is 8.75. The molecular weight excluding hydrogens is 382 g/mol. The molecule has 1 unspecified atom stereocenters. The fraction of sp³-hybridized carbons (Fsp3) is 0.263. The highest BCUT2D eigenvalue weighted by Crippen LogP contribution is 2.32. The number of nitrogens with zero attached hydrogens (tertiary/aromatic N) is 1. The third-order valence-corrected chi connectivity index (χ3v) is 7.03. The fourth-order valence-corrected chi connectivity index (χ4v) is 5.21. The summed E-state index contributed by atoms with van der Waals surface area (Å²) in [4.78, 5) is 25.8. The molecule has 0 radical (unpaired) electrons. The van der Waals surface area contributed by atoms with Crippen LogP contribution in [0.25, 0.3) is 0 Å². The molecule has 2 aliphatic heterocycles. The number of carbonyl (C=O) groups excluding carboxylic acids is 2. The van der Waals surface area contributed by atoms with Gasteiger partial charge in [-0.2, -0.15) is 0 Å². The van der Waals surface area contributed by atoms with E-state index in [9.17, 15) is 13.8 Å². The van der Waals surface area contributed by atoms with E-state index in [1.807, 2.05) is 16.4 Å². The number of anilines is 2. The molecule has 2 N–H and O–H groups in total. The van der Waals surface area contributed by atoms with Gasteiger partial charge in [-0.15, -0.1) is 11.8 Å². The first-order chi connectivity index (χ1) is 13.1. The zero-order valence-corrected chi connectivity index (χ0v) is 16.2. The van der Waals surface area contributed by atoms with Gasteiger partial charge in [0.2, 0.25) is 5.91 Å². The summed E-state index contributed by atoms with van der Waals surface area (Å²) in [6.07, 6.45) is 2.13. The van der Waals surface area contributed by atoms with Crippen LogP contribution in [-0.2, 0) is 15.8 Å². The summed E-state index contributed by atoms with van der Waals surface area (Å²) >= 11 is 1.46. The Morgan fingerprint density at radius 2 is 1.96 bits per heavy atom. The summed E-state index contributed by atoms with van der Waals surface area (Å²) in [7, 11) is -1.20. The van der Waals surface area contributed by atoms with Crippen molar-refractivity contribution in [2.24, 2.45) is 0 Å². The Morgan fingerprint density at radius 1 is 1.15 bits per heavy atom. The molecule has 1 saturated heterocycles. The number of fused-ring (bicyclic) bond motifs is 1. The number of carbonyl (C=O) groups is 2. The second-order valence-electron chi connectivity index (χ2n) is 6.42. The maximum atomic E-state index is 12.6. The van der Waals surface area contributed by atoms with Crippen LogP contribution in [0.3, 0.4) is 0 Å². The van der Waals surface area contributed by atoms with Gasteiger partial charge in [0.1, 0.15) is 11.0 Å². The van der Waals surface area contributed by atoms with Crippen molar-refractivity contribution in [1.82, 2.24) is 4.31 Å². The van der Waals surface area contributed by atoms with Crippen LogP contribution in [0.2, 0.25) is 0 Å². The number of amides is 2. The van der Waals surface area contributed by atoms with Gasteiger partial charge in [-0.25, -0.2) is 8.51 Å². The Bertz CT molecular complexity index is 926. The summed E-state index contributed by atoms with van der Waals surface area (Å²) in [6, 6.07) is 12.4. The minimum Gasteiger partial charge on any atom is -0.324 e. The van der Waals surface area contributed by atoms with Gasteiger partial charge < -0.3 is 10.6 Å². The first kappa shape index (κ1) is 18.2. The van der Waals surface area contributed by atoms with Crippen molar-refractivity contribution in [1.29, 1.82) is 0 Å². The predicted octanol–water partition coefficient (Wildman–Crippen LogP) is 3.10. The molecule has 2 heterocycles. The van der Waals surface area contributed by atoms with Gasteiger partial charge in [-0.3, -0.25) is 9.59 Å². The van der Waals surface area contributed by atoms with Crippen molar-refractivity contribution in [3.63, 3.8) is 0 Å². The molecule has 2 aromatic rings. The molecule has 0 aromatic heterocycles. The second-order valence-corrected chi connectivity index (χ2v) is 8.92. The van der Waals surface area contributed by atoms with Crippen LogP contribution in [0.4, 0.5) is 11.4 Å². The Balaban J connectivity index is 1.50. The van der Waals surface area contributed by atoms with Crippen molar-refractivity contribution in [3.05, 3.63) is 48.0 Å². The molecule has 6 nitrogen and oxygen atoms in total. The summed E-state index contributed by atoms with van der Waals surface area (Å²) in [6.45, 7) is 1.67. The van der Waals surface area contributed by atoms with E-state index >= 15 is 0 Å². The van der Waals surface area contributed by atoms with Gasteiger partial charge in [0.05, 0.1) is 16.3 Å². The lowest BCUT2D eigenvalue weighted by atomic mass is 10.1. The molecule has 2 aromatic carbocycles. The monoisotopic (exact) mass is 401 g/mol. The number of benzene rings is 2. The van der Waals surface area contributed by atoms with Crippen LogP contribution in [-0.4, -0.2) is 39.2 Å². The van der Waals surface area contributed by atoms with Crippen LogP contribution in [0.1, 0.15) is 23.2 Å². The van der Waals surface area contributed by atoms with Crippen molar-refractivity contribution in [3.8, 4) is 0 Å². The molecular formula is C19H19N3O3S2. The van der Waals surface area contributed by atoms with E-state index in [4.69, 9.17) is 0 Å². The van der Waals surface area contributed by atoms with E-state index < -0.39 is 11.0 Å². The molecule has 2 aliphatic rings. The summed E-state index contributed by atoms with van der Waals surface area (Å²) in [5.74, 6) is 0.0494. The predicted molar refractivity (Wildman–Crippen MR) is 107 cm³/mol. The Kier molecular flexibility index (Phi) is 5.29. The molecule has 1 fully saturated rings. The highest BCUT2D eigenvalue weighted by molar-refractivity contribution is 8.00. The topological polar surface area (TPSA) is 78.5 Å². The molecule has 0 saturated carbocycles. The van der Waals surface area contributed by atoms with Gasteiger partial charge in [0.15, 0.2) is 0 Å². The Labute approximate surface area is 164 Å². The number of nitrogens with one attached hydrogen (secondary N) is 2. The summed E-state index contributed by atoms with van der Waals surface area (Å²) in [5.41, 5.74) is 1.72. The molecule has 0 aliphatic carbocycles. The molecule has 0 bridgehead atoms. The van der Waals surface area contributed by atoms with Gasteiger partial charge in [0, 0.05) is 29.2 Å². The minimum absolute atomic E-state index is 0.0675. The smallest absolute Gasteiger partial charge is 0.255 e. The van der Waals surface area contributed by atoms with Crippen LogP contribution >= 0.6 is 11.8 Å². The molecule has 27 heavy (non-hydrogen) atoms. The van der Waals surface area contributed by atoms with E-state index in [0.29, 0.717) is 27.6 Å². The van der Waals surface area contributed by atoms with E-state index in [-0.39, 0.29) is 11.8 Å². The number of hydrogen-bond acceptors (Lipinski definition) is 4. The normalized spacial score (nSPS) is 17.9. The molecule has 8 heteroatoms. The zero-order chi connectivity index (χ0) is 18.8. The molecule has 2 amide bonds. The number of thioether (sulfide) groups is 1. The van der Waals surface area contributed by atoms with Crippen molar-refractivity contribution >= 4 is 45.9 Å². The SMILES string of the molecule is O=C1CSc2ccc(C(=O)Nc3cccc(S(=O)N4CCCC4)c3)cc2N1. The van der Waals surface area contributed by atoms with Gasteiger partial charge in [-0.05, 0) is 49.2 Å². The van der Waals surface area contributed by atoms with Crippen LogP contribution in [0.15, 0.2) is 52.3 Å². The lowest BCUT2D eigenvalue weighted by Gasteiger charge is -2.17. The van der Waals surface area contributed by atoms with E-state index in [2.05, 4.69) is 10.6 Å². The average molecular weight is 402 g/mol. The van der Waals surface area contributed by atoms with E-state index in [1.54, 1.807) is 30.3 Å². The molecule has 140 valence electrons. The minimum atomic E-state index is -1.20. The van der Waals surface area contributed by atoms with Crippen LogP contribution in [0.5, 0.6) is 0 Å². The Morgan fingerprint density at radius 3 is 2.78 bits per heavy atom. The zero-order valence-electron chi connectivity index (χ0n) is 14.6. The van der Waals surface area contributed by atoms with Crippen LogP contribution < -0.4 is 10.6 Å². The quantitative estimate of drug-likeness (QED) is 0.825. The Hall–Kier alpha value is -2.16. The van der Waals surface area contributed by atoms with Gasteiger partial charge in [-0.1, -0.05) is 6.07 Å². The third-order valence-electron chi connectivity index (χ3n) is 4.47. The van der Waals surface area contributed by atoms with Crippen LogP contribution in [0, 0.1) is 0 Å². The van der Waals surface area contributed by atoms with Crippen molar-refractivity contribution in [2.75, 3.05) is 29.5 Å². The number of hydrogen-bond donors (Lipinski definition) is 2. The average Bonchev–Trinajstić information content (AvgIpc) is 3.21.